The van der Waals surface area contributed by atoms with Crippen molar-refractivity contribution in [2.45, 2.75) is 18.2 Å². The molecule has 1 saturated heterocycles. The van der Waals surface area contributed by atoms with Gasteiger partial charge in [0.1, 0.15) is 0 Å². The van der Waals surface area contributed by atoms with Gasteiger partial charge in [-0.1, -0.05) is 6.92 Å². The predicted octanol–water partition coefficient (Wildman–Crippen LogP) is 0.839. The number of carbonyl (C=O) groups is 2. The second-order valence-electron chi connectivity index (χ2n) is 5.44. The highest BCUT2D eigenvalue weighted by atomic mass is 32.2. The summed E-state index contributed by atoms with van der Waals surface area (Å²) in [7, 11) is -2.28. The standard InChI is InChI=1S/C13H18N2O5S2/c1-8-3-9(13(17)18)6-15(5-8)12(16)11-4-10(7-21-11)22(19,20)14-2/h4,7-9,14H,3,5-6H2,1-2H3,(H,17,18). The van der Waals surface area contributed by atoms with E-state index < -0.39 is 21.9 Å². The van der Waals surface area contributed by atoms with Crippen molar-refractivity contribution in [3.05, 3.63) is 16.3 Å². The number of amides is 1. The van der Waals surface area contributed by atoms with Crippen LogP contribution in [0.5, 0.6) is 0 Å². The Morgan fingerprint density at radius 3 is 2.68 bits per heavy atom. The second kappa shape index (κ2) is 6.35. The summed E-state index contributed by atoms with van der Waals surface area (Å²) in [5, 5.41) is 10.5. The van der Waals surface area contributed by atoms with E-state index >= 15 is 0 Å². The van der Waals surface area contributed by atoms with Crippen molar-refractivity contribution in [3.8, 4) is 0 Å². The molecule has 2 N–H and O–H groups in total. The average Bonchev–Trinajstić information content (AvgIpc) is 2.96. The zero-order valence-corrected chi connectivity index (χ0v) is 13.9. The molecule has 1 aliphatic heterocycles. The van der Waals surface area contributed by atoms with Gasteiger partial charge >= 0.3 is 5.97 Å². The first-order valence-electron chi connectivity index (χ1n) is 6.78. The number of piperidine rings is 1. The van der Waals surface area contributed by atoms with Gasteiger partial charge in [0.2, 0.25) is 10.0 Å². The van der Waals surface area contributed by atoms with E-state index in [0.29, 0.717) is 17.8 Å². The monoisotopic (exact) mass is 346 g/mol. The van der Waals surface area contributed by atoms with Crippen LogP contribution in [0.25, 0.3) is 0 Å². The molecule has 2 unspecified atom stereocenters. The summed E-state index contributed by atoms with van der Waals surface area (Å²) < 4.78 is 25.6. The van der Waals surface area contributed by atoms with Crippen molar-refractivity contribution in [1.29, 1.82) is 0 Å². The number of hydrogen-bond donors (Lipinski definition) is 2. The summed E-state index contributed by atoms with van der Waals surface area (Å²) in [5.74, 6) is -1.71. The summed E-state index contributed by atoms with van der Waals surface area (Å²) >= 11 is 1.05. The van der Waals surface area contributed by atoms with Crippen LogP contribution in [-0.2, 0) is 14.8 Å². The Kier molecular flexibility index (Phi) is 4.88. The summed E-state index contributed by atoms with van der Waals surface area (Å²) in [6, 6.07) is 1.33. The zero-order valence-electron chi connectivity index (χ0n) is 12.3. The number of sulfonamides is 1. The molecule has 0 aromatic carbocycles. The fraction of sp³-hybridized carbons (Fsp3) is 0.538. The molecule has 0 spiro atoms. The van der Waals surface area contributed by atoms with Crippen molar-refractivity contribution in [2.75, 3.05) is 20.1 Å². The maximum Gasteiger partial charge on any atom is 0.308 e. The minimum atomic E-state index is -3.58. The molecule has 0 saturated carbocycles. The minimum Gasteiger partial charge on any atom is -0.481 e. The number of carboxylic acids is 1. The number of rotatable bonds is 4. The fourth-order valence-corrected chi connectivity index (χ4v) is 4.51. The topological polar surface area (TPSA) is 104 Å². The minimum absolute atomic E-state index is 0.0446. The van der Waals surface area contributed by atoms with Crippen LogP contribution in [0.3, 0.4) is 0 Å². The van der Waals surface area contributed by atoms with Crippen LogP contribution in [0.1, 0.15) is 23.0 Å². The molecule has 1 aromatic rings. The molecule has 7 nitrogen and oxygen atoms in total. The van der Waals surface area contributed by atoms with Gasteiger partial charge < -0.3 is 10.0 Å². The molecule has 0 aliphatic carbocycles. The summed E-state index contributed by atoms with van der Waals surface area (Å²) in [6.07, 6.45) is 0.545. The van der Waals surface area contributed by atoms with Gasteiger partial charge in [-0.2, -0.15) is 0 Å². The molecular weight excluding hydrogens is 328 g/mol. The smallest absolute Gasteiger partial charge is 0.308 e. The van der Waals surface area contributed by atoms with Crippen LogP contribution in [0, 0.1) is 11.8 Å². The summed E-state index contributed by atoms with van der Waals surface area (Å²) in [6.45, 7) is 2.54. The molecule has 1 aliphatic rings. The van der Waals surface area contributed by atoms with Gasteiger partial charge in [0.05, 0.1) is 15.7 Å². The Balaban J connectivity index is 2.19. The number of hydrogen-bond acceptors (Lipinski definition) is 5. The lowest BCUT2D eigenvalue weighted by Gasteiger charge is -2.34. The third kappa shape index (κ3) is 3.47. The first-order chi connectivity index (χ1) is 10.2. The van der Waals surface area contributed by atoms with Gasteiger partial charge in [-0.15, -0.1) is 11.3 Å². The van der Waals surface area contributed by atoms with Gasteiger partial charge in [0.15, 0.2) is 0 Å². The SMILES string of the molecule is CNS(=O)(=O)c1csc(C(=O)N2CC(C)CC(C(=O)O)C2)c1. The van der Waals surface area contributed by atoms with Gasteiger partial charge in [0, 0.05) is 18.5 Å². The molecular formula is C13H18N2O5S2. The van der Waals surface area contributed by atoms with Gasteiger partial charge in [-0.05, 0) is 25.5 Å². The number of thiophene rings is 1. The zero-order chi connectivity index (χ0) is 16.5. The van der Waals surface area contributed by atoms with Gasteiger partial charge in [-0.3, -0.25) is 9.59 Å². The maximum atomic E-state index is 12.5. The fourth-order valence-electron chi connectivity index (χ4n) is 2.54. The number of likely N-dealkylation sites (tertiary alicyclic amines) is 1. The number of aliphatic carboxylic acids is 1. The van der Waals surface area contributed by atoms with Gasteiger partial charge in [0.25, 0.3) is 5.91 Å². The lowest BCUT2D eigenvalue weighted by atomic mass is 9.90. The van der Waals surface area contributed by atoms with E-state index in [2.05, 4.69) is 4.72 Å². The molecule has 2 rings (SSSR count). The number of nitrogens with zero attached hydrogens (tertiary/aromatic N) is 1. The first kappa shape index (κ1) is 16.9. The van der Waals surface area contributed by atoms with Crippen LogP contribution in [0.2, 0.25) is 0 Å². The number of nitrogens with one attached hydrogen (secondary N) is 1. The molecule has 0 radical (unpaired) electrons. The van der Waals surface area contributed by atoms with E-state index in [0.717, 1.165) is 11.3 Å². The summed E-state index contributed by atoms with van der Waals surface area (Å²) in [5.41, 5.74) is 0. The van der Waals surface area contributed by atoms with E-state index in [4.69, 9.17) is 5.11 Å². The Morgan fingerprint density at radius 2 is 2.09 bits per heavy atom. The average molecular weight is 346 g/mol. The van der Waals surface area contributed by atoms with Crippen LogP contribution in [-0.4, -0.2) is 50.4 Å². The molecule has 1 amide bonds. The van der Waals surface area contributed by atoms with Crippen molar-refractivity contribution in [3.63, 3.8) is 0 Å². The molecule has 9 heteroatoms. The molecule has 2 heterocycles. The lowest BCUT2D eigenvalue weighted by Crippen LogP contribution is -2.45. The lowest BCUT2D eigenvalue weighted by molar-refractivity contribution is -0.143. The molecule has 22 heavy (non-hydrogen) atoms. The Labute approximate surface area is 133 Å². The van der Waals surface area contributed by atoms with Crippen molar-refractivity contribution in [1.82, 2.24) is 9.62 Å². The molecule has 1 aromatic heterocycles. The van der Waals surface area contributed by atoms with Crippen LogP contribution in [0.15, 0.2) is 16.3 Å². The number of carbonyl (C=O) groups excluding carboxylic acids is 1. The Bertz CT molecular complexity index is 682. The van der Waals surface area contributed by atoms with E-state index in [9.17, 15) is 18.0 Å². The van der Waals surface area contributed by atoms with E-state index in [-0.39, 0.29) is 23.3 Å². The second-order valence-corrected chi connectivity index (χ2v) is 8.24. The highest BCUT2D eigenvalue weighted by Gasteiger charge is 2.33. The van der Waals surface area contributed by atoms with E-state index in [1.54, 1.807) is 0 Å². The normalized spacial score (nSPS) is 22.5. The predicted molar refractivity (Wildman–Crippen MR) is 81.4 cm³/mol. The third-order valence-corrected chi connectivity index (χ3v) is 6.12. The maximum absolute atomic E-state index is 12.5. The van der Waals surface area contributed by atoms with E-state index in [1.807, 2.05) is 6.92 Å². The van der Waals surface area contributed by atoms with Crippen molar-refractivity contribution >= 4 is 33.2 Å². The Hall–Kier alpha value is -1.45. The molecule has 0 bridgehead atoms. The number of carboxylic acid groups (broad SMARTS) is 1. The highest BCUT2D eigenvalue weighted by Crippen LogP contribution is 2.26. The largest absolute Gasteiger partial charge is 0.481 e. The molecule has 122 valence electrons. The van der Waals surface area contributed by atoms with E-state index in [1.165, 1.54) is 23.4 Å². The van der Waals surface area contributed by atoms with Crippen molar-refractivity contribution in [2.24, 2.45) is 11.8 Å². The third-order valence-electron chi connectivity index (χ3n) is 3.66. The molecule has 2 atom stereocenters. The molecule has 1 fully saturated rings. The highest BCUT2D eigenvalue weighted by molar-refractivity contribution is 7.89. The quantitative estimate of drug-likeness (QED) is 0.841. The summed E-state index contributed by atoms with van der Waals surface area (Å²) in [4.78, 5) is 25.5. The van der Waals surface area contributed by atoms with Crippen LogP contribution >= 0.6 is 11.3 Å². The Morgan fingerprint density at radius 1 is 1.41 bits per heavy atom. The first-order valence-corrected chi connectivity index (χ1v) is 9.15. The van der Waals surface area contributed by atoms with Crippen LogP contribution < -0.4 is 4.72 Å². The van der Waals surface area contributed by atoms with Crippen molar-refractivity contribution < 1.29 is 23.1 Å². The van der Waals surface area contributed by atoms with Crippen LogP contribution in [0.4, 0.5) is 0 Å². The van der Waals surface area contributed by atoms with Gasteiger partial charge in [-0.25, -0.2) is 13.1 Å².